The van der Waals surface area contributed by atoms with Crippen molar-refractivity contribution in [3.8, 4) is 0 Å². The number of aliphatic hydroxyl groups is 1. The minimum atomic E-state index is -0.200. The van der Waals surface area contributed by atoms with E-state index in [1.165, 1.54) is 37.7 Å². The molecular weight excluding hydrogens is 328 g/mol. The minimum Gasteiger partial charge on any atom is -0.392 e. The molecule has 1 spiro atoms. The molecule has 1 aliphatic carbocycles. The maximum Gasteiger partial charge on any atom is 0.0957 e. The third-order valence-corrected chi connectivity index (χ3v) is 6.38. The Hall–Kier alpha value is -0.380. The lowest BCUT2D eigenvalue weighted by Crippen LogP contribution is -2.44. The van der Waals surface area contributed by atoms with Gasteiger partial charge in [-0.1, -0.05) is 59.1 Å². The zero-order valence-electron chi connectivity index (χ0n) is 12.5. The molecule has 4 atom stereocenters. The summed E-state index contributed by atoms with van der Waals surface area (Å²) in [5.74, 6) is 0.484. The molecule has 2 fully saturated rings. The molecule has 1 saturated carbocycles. The van der Waals surface area contributed by atoms with Gasteiger partial charge in [-0.05, 0) is 37.7 Å². The van der Waals surface area contributed by atoms with Crippen LogP contribution in [-0.4, -0.2) is 28.2 Å². The second-order valence-electron chi connectivity index (χ2n) is 6.60. The lowest BCUT2D eigenvalue weighted by atomic mass is 9.75. The number of alkyl halides is 1. The normalized spacial score (nSPS) is 35.0. The average Bonchev–Trinajstić information content (AvgIpc) is 3.28. The number of hydrogen-bond acceptors (Lipinski definition) is 2. The molecule has 0 radical (unpaired) electrons. The van der Waals surface area contributed by atoms with E-state index in [0.717, 1.165) is 19.4 Å². The summed E-state index contributed by atoms with van der Waals surface area (Å²) in [6.07, 6.45) is 7.80. The molecule has 1 aromatic carbocycles. The number of rotatable bonds is 6. The van der Waals surface area contributed by atoms with E-state index in [4.69, 9.17) is 4.74 Å². The van der Waals surface area contributed by atoms with Crippen LogP contribution in [0.25, 0.3) is 0 Å². The fraction of sp³-hybridized carbons (Fsp3) is 0.667. The van der Waals surface area contributed by atoms with Gasteiger partial charge in [0, 0.05) is 10.7 Å². The lowest BCUT2D eigenvalue weighted by Gasteiger charge is -2.37. The van der Waals surface area contributed by atoms with Crippen molar-refractivity contribution < 1.29 is 9.84 Å². The van der Waals surface area contributed by atoms with Gasteiger partial charge in [0.25, 0.3) is 0 Å². The van der Waals surface area contributed by atoms with Crippen molar-refractivity contribution in [3.63, 3.8) is 0 Å². The summed E-state index contributed by atoms with van der Waals surface area (Å²) in [7, 11) is 0. The molecule has 4 unspecified atom stereocenters. The smallest absolute Gasteiger partial charge is 0.0957 e. The summed E-state index contributed by atoms with van der Waals surface area (Å²) in [5.41, 5.74) is 1.54. The van der Waals surface area contributed by atoms with Crippen LogP contribution in [0.4, 0.5) is 0 Å². The van der Waals surface area contributed by atoms with Crippen molar-refractivity contribution in [1.29, 1.82) is 0 Å². The summed E-state index contributed by atoms with van der Waals surface area (Å²) in [5, 5.41) is 10.1. The van der Waals surface area contributed by atoms with E-state index in [9.17, 15) is 5.11 Å². The van der Waals surface area contributed by atoms with Crippen molar-refractivity contribution in [2.45, 2.75) is 61.5 Å². The third-order valence-electron chi connectivity index (χ3n) is 5.13. The first-order chi connectivity index (χ1) is 10.2. The van der Waals surface area contributed by atoms with E-state index in [1.54, 1.807) is 0 Å². The Bertz CT molecular complexity index is 444. The molecule has 116 valence electrons. The number of benzene rings is 1. The Morgan fingerprint density at radius 2 is 1.95 bits per heavy atom. The van der Waals surface area contributed by atoms with Crippen molar-refractivity contribution in [2.75, 3.05) is 6.61 Å². The van der Waals surface area contributed by atoms with Gasteiger partial charge in [-0.2, -0.15) is 0 Å². The largest absolute Gasteiger partial charge is 0.392 e. The molecule has 21 heavy (non-hydrogen) atoms. The topological polar surface area (TPSA) is 32.8 Å². The van der Waals surface area contributed by atoms with Crippen molar-refractivity contribution in [2.24, 2.45) is 5.92 Å². The Labute approximate surface area is 136 Å². The van der Waals surface area contributed by atoms with Crippen LogP contribution in [-0.2, 0) is 11.2 Å². The van der Waals surface area contributed by atoms with Crippen molar-refractivity contribution in [1.82, 2.24) is 0 Å². The maximum absolute atomic E-state index is 10.1. The van der Waals surface area contributed by atoms with Gasteiger partial charge in [0.15, 0.2) is 0 Å². The molecular formula is C18H25BrO2. The summed E-state index contributed by atoms with van der Waals surface area (Å²) in [6.45, 7) is 0.899. The lowest BCUT2D eigenvalue weighted by molar-refractivity contribution is 0.0537. The zero-order chi connectivity index (χ0) is 14.7. The Kier molecular flexibility index (Phi) is 5.03. The van der Waals surface area contributed by atoms with Gasteiger partial charge in [-0.3, -0.25) is 0 Å². The van der Waals surface area contributed by atoms with Gasteiger partial charge in [-0.15, -0.1) is 0 Å². The molecule has 2 aliphatic rings. The second-order valence-corrected chi connectivity index (χ2v) is 7.65. The van der Waals surface area contributed by atoms with Gasteiger partial charge >= 0.3 is 0 Å². The molecule has 3 heteroatoms. The Balaban J connectivity index is 1.40. The SMILES string of the molecule is OC1CCC2(CO2)C(CCCCCc2ccccc2)C1Br. The average molecular weight is 353 g/mol. The first-order valence-electron chi connectivity index (χ1n) is 8.21. The first kappa shape index (κ1) is 15.5. The summed E-state index contributed by atoms with van der Waals surface area (Å²) in [6, 6.07) is 10.7. The molecule has 0 aromatic heterocycles. The molecule has 1 aromatic rings. The Morgan fingerprint density at radius 3 is 2.67 bits per heavy atom. The molecule has 3 rings (SSSR count). The van der Waals surface area contributed by atoms with E-state index < -0.39 is 0 Å². The maximum atomic E-state index is 10.1. The number of ether oxygens (including phenoxy) is 1. The number of hydrogen-bond donors (Lipinski definition) is 1. The number of aryl methyl sites for hydroxylation is 1. The van der Waals surface area contributed by atoms with Crippen LogP contribution in [0.1, 0.15) is 44.1 Å². The molecule has 1 heterocycles. The predicted molar refractivity (Wildman–Crippen MR) is 88.7 cm³/mol. The van der Waals surface area contributed by atoms with Crippen LogP contribution in [0.15, 0.2) is 30.3 Å². The highest BCUT2D eigenvalue weighted by molar-refractivity contribution is 9.09. The highest BCUT2D eigenvalue weighted by atomic mass is 79.9. The summed E-state index contributed by atoms with van der Waals surface area (Å²) < 4.78 is 5.75. The van der Waals surface area contributed by atoms with E-state index in [2.05, 4.69) is 46.3 Å². The number of halogens is 1. The van der Waals surface area contributed by atoms with Crippen LogP contribution >= 0.6 is 15.9 Å². The van der Waals surface area contributed by atoms with Gasteiger partial charge in [0.2, 0.25) is 0 Å². The predicted octanol–water partition coefficient (Wildman–Crippen LogP) is 4.09. The molecule has 1 aliphatic heterocycles. The van der Waals surface area contributed by atoms with E-state index >= 15 is 0 Å². The highest BCUT2D eigenvalue weighted by Crippen LogP contribution is 2.50. The quantitative estimate of drug-likeness (QED) is 0.475. The Morgan fingerprint density at radius 1 is 1.19 bits per heavy atom. The van der Waals surface area contributed by atoms with Crippen LogP contribution in [0, 0.1) is 5.92 Å². The van der Waals surface area contributed by atoms with E-state index in [-0.39, 0.29) is 16.5 Å². The van der Waals surface area contributed by atoms with Gasteiger partial charge in [-0.25, -0.2) is 0 Å². The minimum absolute atomic E-state index is 0.104. The van der Waals surface area contributed by atoms with Gasteiger partial charge < -0.3 is 9.84 Å². The molecule has 0 bridgehead atoms. The molecule has 1 N–H and O–H groups in total. The van der Waals surface area contributed by atoms with Crippen molar-refractivity contribution >= 4 is 15.9 Å². The third kappa shape index (κ3) is 3.69. The second kappa shape index (κ2) is 6.80. The molecule has 0 amide bonds. The van der Waals surface area contributed by atoms with Crippen LogP contribution in [0.5, 0.6) is 0 Å². The van der Waals surface area contributed by atoms with E-state index in [0.29, 0.717) is 5.92 Å². The van der Waals surface area contributed by atoms with Gasteiger partial charge in [0.1, 0.15) is 0 Å². The fourth-order valence-electron chi connectivity index (χ4n) is 3.68. The van der Waals surface area contributed by atoms with Crippen LogP contribution < -0.4 is 0 Å². The molecule has 1 saturated heterocycles. The van der Waals surface area contributed by atoms with E-state index in [1.807, 2.05) is 0 Å². The van der Waals surface area contributed by atoms with Crippen LogP contribution in [0.2, 0.25) is 0 Å². The standard InChI is InChI=1S/C18H25BrO2/c19-17-15(18(13-21-18)12-11-16(17)20)10-6-2-5-9-14-7-3-1-4-8-14/h1,3-4,7-8,15-17,20H,2,5-6,9-13H2. The summed E-state index contributed by atoms with van der Waals surface area (Å²) >= 11 is 3.71. The van der Waals surface area contributed by atoms with Crippen molar-refractivity contribution in [3.05, 3.63) is 35.9 Å². The zero-order valence-corrected chi connectivity index (χ0v) is 14.1. The van der Waals surface area contributed by atoms with Crippen LogP contribution in [0.3, 0.4) is 0 Å². The van der Waals surface area contributed by atoms with Gasteiger partial charge in [0.05, 0.1) is 18.3 Å². The first-order valence-corrected chi connectivity index (χ1v) is 9.13. The number of epoxide rings is 1. The fourth-order valence-corrected chi connectivity index (χ4v) is 4.69. The monoisotopic (exact) mass is 352 g/mol. The summed E-state index contributed by atoms with van der Waals surface area (Å²) in [4.78, 5) is 0.211. The number of unbranched alkanes of at least 4 members (excludes halogenated alkanes) is 2. The number of aliphatic hydroxyl groups excluding tert-OH is 1. The highest BCUT2D eigenvalue weighted by Gasteiger charge is 2.56. The molecule has 2 nitrogen and oxygen atoms in total.